The van der Waals surface area contributed by atoms with E-state index >= 15 is 0 Å². The van der Waals surface area contributed by atoms with Gasteiger partial charge in [0.05, 0.1) is 6.04 Å². The summed E-state index contributed by atoms with van der Waals surface area (Å²) in [6, 6.07) is 1.98. The molecule has 118 valence electrons. The van der Waals surface area contributed by atoms with Gasteiger partial charge in [-0.3, -0.25) is 0 Å². The molecule has 0 aliphatic rings. The largest absolute Gasteiger partial charge is 0.396 e. The number of nitrogens with one attached hydrogen (secondary N) is 2. The van der Waals surface area contributed by atoms with Gasteiger partial charge in [0.25, 0.3) is 0 Å². The van der Waals surface area contributed by atoms with Gasteiger partial charge in [0.2, 0.25) is 0 Å². The molecule has 0 aliphatic carbocycles. The Morgan fingerprint density at radius 2 is 1.95 bits per heavy atom. The third kappa shape index (κ3) is 5.30. The van der Waals surface area contributed by atoms with Crippen LogP contribution in [0.2, 0.25) is 0 Å². The third-order valence-electron chi connectivity index (χ3n) is 3.35. The first kappa shape index (κ1) is 17.4. The first-order valence-electron chi connectivity index (χ1n) is 7.14. The highest BCUT2D eigenvalue weighted by molar-refractivity contribution is 5.74. The molecule has 0 spiro atoms. The molecule has 2 unspecified atom stereocenters. The molecule has 3 N–H and O–H groups in total. The molecule has 1 rings (SSSR count). The van der Waals surface area contributed by atoms with Gasteiger partial charge >= 0.3 is 6.03 Å². The summed E-state index contributed by atoms with van der Waals surface area (Å²) in [5.74, 6) is -1.09. The number of aliphatic hydroxyl groups is 1. The van der Waals surface area contributed by atoms with E-state index in [9.17, 15) is 13.6 Å². The smallest absolute Gasteiger partial charge is 0.315 e. The molecule has 1 aromatic carbocycles. The highest BCUT2D eigenvalue weighted by atomic mass is 19.1. The van der Waals surface area contributed by atoms with Gasteiger partial charge in [0, 0.05) is 18.2 Å². The van der Waals surface area contributed by atoms with Crippen LogP contribution < -0.4 is 10.6 Å². The molecule has 0 saturated heterocycles. The van der Waals surface area contributed by atoms with Gasteiger partial charge in [-0.2, -0.15) is 0 Å². The molecule has 2 amide bonds. The van der Waals surface area contributed by atoms with Gasteiger partial charge in [0.15, 0.2) is 0 Å². The minimum Gasteiger partial charge on any atom is -0.396 e. The van der Waals surface area contributed by atoms with E-state index in [2.05, 4.69) is 10.6 Å². The van der Waals surface area contributed by atoms with E-state index in [1.54, 1.807) is 6.92 Å². The minimum atomic E-state index is -0.604. The highest BCUT2D eigenvalue weighted by Crippen LogP contribution is 2.21. The number of urea groups is 1. The van der Waals surface area contributed by atoms with Crippen molar-refractivity contribution in [3.8, 4) is 0 Å². The maximum absolute atomic E-state index is 13.7. The van der Waals surface area contributed by atoms with Crippen molar-refractivity contribution in [1.29, 1.82) is 0 Å². The Labute approximate surface area is 123 Å². The van der Waals surface area contributed by atoms with Crippen LogP contribution in [0.25, 0.3) is 0 Å². The van der Waals surface area contributed by atoms with Gasteiger partial charge < -0.3 is 15.7 Å². The molecule has 21 heavy (non-hydrogen) atoms. The van der Waals surface area contributed by atoms with Gasteiger partial charge in [0.1, 0.15) is 11.6 Å². The van der Waals surface area contributed by atoms with E-state index in [1.165, 1.54) is 0 Å². The van der Waals surface area contributed by atoms with E-state index in [-0.39, 0.29) is 18.2 Å². The lowest BCUT2D eigenvalue weighted by atomic mass is 10.0. The summed E-state index contributed by atoms with van der Waals surface area (Å²) in [4.78, 5) is 11.9. The second-order valence-corrected chi connectivity index (χ2v) is 4.86. The molecule has 0 heterocycles. The Morgan fingerprint density at radius 3 is 2.52 bits per heavy atom. The van der Waals surface area contributed by atoms with E-state index in [0.717, 1.165) is 18.2 Å². The van der Waals surface area contributed by atoms with Gasteiger partial charge in [-0.05, 0) is 37.5 Å². The van der Waals surface area contributed by atoms with Crippen molar-refractivity contribution < 1.29 is 18.7 Å². The summed E-state index contributed by atoms with van der Waals surface area (Å²) in [5.41, 5.74) is 0.128. The number of aliphatic hydroxyl groups excluding tert-OH is 1. The van der Waals surface area contributed by atoms with Crippen molar-refractivity contribution in [3.05, 3.63) is 35.4 Å². The SMILES string of the molecule is CCC(CCO)NC(=O)NC(CC)c1cc(F)ccc1F. The van der Waals surface area contributed by atoms with Crippen molar-refractivity contribution in [2.75, 3.05) is 6.61 Å². The molecule has 1 aromatic rings. The van der Waals surface area contributed by atoms with Gasteiger partial charge in [-0.25, -0.2) is 13.6 Å². The summed E-state index contributed by atoms with van der Waals surface area (Å²) < 4.78 is 27.0. The number of carbonyl (C=O) groups excluding carboxylic acids is 1. The summed E-state index contributed by atoms with van der Waals surface area (Å²) in [6.45, 7) is 3.65. The Morgan fingerprint density at radius 1 is 1.24 bits per heavy atom. The molecule has 0 fully saturated rings. The van der Waals surface area contributed by atoms with Crippen LogP contribution in [-0.4, -0.2) is 23.8 Å². The monoisotopic (exact) mass is 300 g/mol. The highest BCUT2D eigenvalue weighted by Gasteiger charge is 2.18. The Hall–Kier alpha value is -1.69. The molecular weight excluding hydrogens is 278 g/mol. The van der Waals surface area contributed by atoms with Crippen LogP contribution >= 0.6 is 0 Å². The average Bonchev–Trinajstić information content (AvgIpc) is 2.47. The van der Waals surface area contributed by atoms with Crippen molar-refractivity contribution >= 4 is 6.03 Å². The van der Waals surface area contributed by atoms with E-state index < -0.39 is 23.7 Å². The van der Waals surface area contributed by atoms with Crippen molar-refractivity contribution in [1.82, 2.24) is 10.6 Å². The summed E-state index contributed by atoms with van der Waals surface area (Å²) >= 11 is 0. The summed E-state index contributed by atoms with van der Waals surface area (Å²) in [7, 11) is 0. The van der Waals surface area contributed by atoms with Crippen molar-refractivity contribution in [2.45, 2.75) is 45.2 Å². The van der Waals surface area contributed by atoms with Crippen LogP contribution in [0, 0.1) is 11.6 Å². The number of carbonyl (C=O) groups is 1. The fraction of sp³-hybridized carbons (Fsp3) is 0.533. The van der Waals surface area contributed by atoms with Gasteiger partial charge in [-0.1, -0.05) is 13.8 Å². The average molecular weight is 300 g/mol. The summed E-state index contributed by atoms with van der Waals surface area (Å²) in [5, 5.41) is 14.2. The lowest BCUT2D eigenvalue weighted by molar-refractivity contribution is 0.224. The third-order valence-corrected chi connectivity index (χ3v) is 3.35. The van der Waals surface area contributed by atoms with Crippen LogP contribution in [0.5, 0.6) is 0 Å². The predicted octanol–water partition coefficient (Wildman–Crippen LogP) is 2.88. The number of rotatable bonds is 7. The van der Waals surface area contributed by atoms with E-state index in [1.807, 2.05) is 6.92 Å². The van der Waals surface area contributed by atoms with Crippen LogP contribution in [-0.2, 0) is 0 Å². The normalized spacial score (nSPS) is 13.6. The Bertz CT molecular complexity index is 469. The number of benzene rings is 1. The first-order valence-corrected chi connectivity index (χ1v) is 7.14. The number of hydrogen-bond acceptors (Lipinski definition) is 2. The fourth-order valence-electron chi connectivity index (χ4n) is 2.10. The fourth-order valence-corrected chi connectivity index (χ4v) is 2.10. The zero-order valence-electron chi connectivity index (χ0n) is 12.3. The molecule has 0 aliphatic heterocycles. The molecule has 6 heteroatoms. The van der Waals surface area contributed by atoms with Crippen molar-refractivity contribution in [3.63, 3.8) is 0 Å². The minimum absolute atomic E-state index is 0.0193. The molecule has 0 saturated carbocycles. The Balaban J connectivity index is 2.73. The van der Waals surface area contributed by atoms with Crippen LogP contribution in [0.1, 0.15) is 44.7 Å². The molecule has 2 atom stereocenters. The lowest BCUT2D eigenvalue weighted by Gasteiger charge is -2.21. The van der Waals surface area contributed by atoms with E-state index in [0.29, 0.717) is 19.3 Å². The van der Waals surface area contributed by atoms with Crippen LogP contribution in [0.3, 0.4) is 0 Å². The van der Waals surface area contributed by atoms with Crippen LogP contribution in [0.4, 0.5) is 13.6 Å². The molecule has 0 aromatic heterocycles. The number of halogens is 2. The maximum Gasteiger partial charge on any atom is 0.315 e. The molecule has 0 bridgehead atoms. The zero-order chi connectivity index (χ0) is 15.8. The quantitative estimate of drug-likeness (QED) is 0.725. The number of hydrogen-bond donors (Lipinski definition) is 3. The predicted molar refractivity (Wildman–Crippen MR) is 76.8 cm³/mol. The summed E-state index contributed by atoms with van der Waals surface area (Å²) in [6.07, 6.45) is 1.57. The van der Waals surface area contributed by atoms with E-state index in [4.69, 9.17) is 5.11 Å². The standard InChI is InChI=1S/C15H22F2N2O2/c1-3-11(7-8-20)18-15(21)19-14(4-2)12-9-10(16)5-6-13(12)17/h5-6,9,11,14,20H,3-4,7-8H2,1-2H3,(H2,18,19,21). The molecular formula is C15H22F2N2O2. The van der Waals surface area contributed by atoms with Gasteiger partial charge in [-0.15, -0.1) is 0 Å². The van der Waals surface area contributed by atoms with Crippen LogP contribution in [0.15, 0.2) is 18.2 Å². The maximum atomic E-state index is 13.7. The zero-order valence-corrected chi connectivity index (χ0v) is 12.3. The second kappa shape index (κ2) is 8.56. The lowest BCUT2D eigenvalue weighted by Crippen LogP contribution is -2.43. The number of amides is 2. The molecule has 4 nitrogen and oxygen atoms in total. The second-order valence-electron chi connectivity index (χ2n) is 4.86. The first-order chi connectivity index (χ1) is 10.0. The topological polar surface area (TPSA) is 61.4 Å². The van der Waals surface area contributed by atoms with Crippen molar-refractivity contribution in [2.24, 2.45) is 0 Å². The Kier molecular flexibility index (Phi) is 7.08. The molecule has 0 radical (unpaired) electrons.